The smallest absolute Gasteiger partial charge is 0.258 e. The van der Waals surface area contributed by atoms with Gasteiger partial charge in [0.25, 0.3) is 5.91 Å². The van der Waals surface area contributed by atoms with Gasteiger partial charge in [0.15, 0.2) is 11.5 Å². The van der Waals surface area contributed by atoms with E-state index >= 15 is 0 Å². The van der Waals surface area contributed by atoms with Gasteiger partial charge in [0, 0.05) is 19.1 Å². The van der Waals surface area contributed by atoms with Crippen molar-refractivity contribution in [2.45, 2.75) is 18.9 Å². The van der Waals surface area contributed by atoms with E-state index in [1.54, 1.807) is 17.0 Å². The van der Waals surface area contributed by atoms with E-state index in [2.05, 4.69) is 4.90 Å². The molecule has 0 radical (unpaired) electrons. The molecule has 1 aromatic carbocycles. The quantitative estimate of drug-likeness (QED) is 0.807. The van der Waals surface area contributed by atoms with Crippen LogP contribution in [0.2, 0.25) is 0 Å². The summed E-state index contributed by atoms with van der Waals surface area (Å²) in [6, 6.07) is 4.65. The Balaban J connectivity index is 2.21. The summed E-state index contributed by atoms with van der Waals surface area (Å²) in [5, 5.41) is 19.3. The van der Waals surface area contributed by atoms with Gasteiger partial charge in [-0.2, -0.15) is 0 Å². The van der Waals surface area contributed by atoms with Gasteiger partial charge in [-0.3, -0.25) is 4.79 Å². The second kappa shape index (κ2) is 5.48. The first kappa shape index (κ1) is 13.7. The van der Waals surface area contributed by atoms with E-state index in [0.717, 1.165) is 19.4 Å². The normalized spacial score (nSPS) is 19.1. The van der Waals surface area contributed by atoms with Gasteiger partial charge in [0.1, 0.15) is 0 Å². The van der Waals surface area contributed by atoms with Crippen LogP contribution in [0.25, 0.3) is 0 Å². The summed E-state index contributed by atoms with van der Waals surface area (Å²) in [6.07, 6.45) is 1.95. The lowest BCUT2D eigenvalue weighted by molar-refractivity contribution is 0.0712. The molecule has 5 heteroatoms. The van der Waals surface area contributed by atoms with Crippen molar-refractivity contribution in [1.82, 2.24) is 9.80 Å². The Morgan fingerprint density at radius 3 is 2.84 bits per heavy atom. The topological polar surface area (TPSA) is 64.0 Å². The van der Waals surface area contributed by atoms with Crippen molar-refractivity contribution in [3.05, 3.63) is 23.8 Å². The molecule has 1 aliphatic heterocycles. The number of phenolic OH excluding ortho intramolecular Hbond substituents is 2. The predicted octanol–water partition coefficient (Wildman–Crippen LogP) is 1.26. The number of hydrogen-bond donors (Lipinski definition) is 2. The molecule has 5 nitrogen and oxygen atoms in total. The third-order valence-corrected chi connectivity index (χ3v) is 3.46. The van der Waals surface area contributed by atoms with Crippen molar-refractivity contribution in [2.75, 3.05) is 27.2 Å². The highest BCUT2D eigenvalue weighted by molar-refractivity contribution is 5.98. The number of para-hydroxylation sites is 1. The first-order chi connectivity index (χ1) is 9.00. The van der Waals surface area contributed by atoms with E-state index in [0.29, 0.717) is 6.54 Å². The molecule has 0 aliphatic carbocycles. The fourth-order valence-corrected chi connectivity index (χ4v) is 2.57. The first-order valence-electron chi connectivity index (χ1n) is 6.47. The Labute approximate surface area is 113 Å². The zero-order valence-electron chi connectivity index (χ0n) is 11.3. The Kier molecular flexibility index (Phi) is 3.95. The molecule has 19 heavy (non-hydrogen) atoms. The highest BCUT2D eigenvalue weighted by atomic mass is 16.3. The fraction of sp³-hybridized carbons (Fsp3) is 0.500. The first-order valence-corrected chi connectivity index (χ1v) is 6.47. The third kappa shape index (κ3) is 2.81. The van der Waals surface area contributed by atoms with Gasteiger partial charge in [-0.15, -0.1) is 0 Å². The van der Waals surface area contributed by atoms with Crippen molar-refractivity contribution >= 4 is 5.91 Å². The van der Waals surface area contributed by atoms with E-state index < -0.39 is 0 Å². The zero-order chi connectivity index (χ0) is 14.0. The highest BCUT2D eigenvalue weighted by Gasteiger charge is 2.31. The van der Waals surface area contributed by atoms with Crippen LogP contribution < -0.4 is 0 Å². The number of carbonyl (C=O) groups excluding carboxylic acids is 1. The van der Waals surface area contributed by atoms with Crippen molar-refractivity contribution in [3.8, 4) is 11.5 Å². The molecule has 1 fully saturated rings. The second-order valence-corrected chi connectivity index (χ2v) is 5.23. The van der Waals surface area contributed by atoms with Crippen LogP contribution in [0.1, 0.15) is 23.2 Å². The lowest BCUT2D eigenvalue weighted by Crippen LogP contribution is -2.41. The maximum Gasteiger partial charge on any atom is 0.258 e. The van der Waals surface area contributed by atoms with Crippen LogP contribution in [0.15, 0.2) is 18.2 Å². The molecule has 1 amide bonds. The number of hydrogen-bond acceptors (Lipinski definition) is 4. The molecule has 1 unspecified atom stereocenters. The molecule has 1 aliphatic rings. The van der Waals surface area contributed by atoms with E-state index in [4.69, 9.17) is 0 Å². The van der Waals surface area contributed by atoms with Gasteiger partial charge >= 0.3 is 0 Å². The molecule has 104 valence electrons. The minimum Gasteiger partial charge on any atom is -0.504 e. The van der Waals surface area contributed by atoms with Gasteiger partial charge in [-0.1, -0.05) is 6.07 Å². The molecule has 1 heterocycles. The van der Waals surface area contributed by atoms with Crippen molar-refractivity contribution in [2.24, 2.45) is 0 Å². The van der Waals surface area contributed by atoms with Crippen LogP contribution in [0, 0.1) is 0 Å². The van der Waals surface area contributed by atoms with Crippen molar-refractivity contribution < 1.29 is 15.0 Å². The molecule has 1 aromatic rings. The summed E-state index contributed by atoms with van der Waals surface area (Å²) in [5.41, 5.74) is 0.172. The summed E-state index contributed by atoms with van der Waals surface area (Å²) in [5.74, 6) is -0.796. The average Bonchev–Trinajstić information content (AvgIpc) is 2.79. The summed E-state index contributed by atoms with van der Waals surface area (Å²) in [4.78, 5) is 16.3. The van der Waals surface area contributed by atoms with Crippen LogP contribution in [-0.2, 0) is 0 Å². The lowest BCUT2D eigenvalue weighted by Gasteiger charge is -2.27. The zero-order valence-corrected chi connectivity index (χ0v) is 11.3. The molecule has 1 atom stereocenters. The maximum absolute atomic E-state index is 12.4. The monoisotopic (exact) mass is 264 g/mol. The van der Waals surface area contributed by atoms with Crippen LogP contribution in [-0.4, -0.2) is 59.1 Å². The molecule has 0 aromatic heterocycles. The number of amides is 1. The summed E-state index contributed by atoms with van der Waals surface area (Å²) < 4.78 is 0. The largest absolute Gasteiger partial charge is 0.504 e. The Morgan fingerprint density at radius 2 is 2.16 bits per heavy atom. The standard InChI is InChI=1S/C14H20N2O3/c1-15(2)9-10-5-4-8-16(10)14(19)11-6-3-7-12(17)13(11)18/h3,6-7,10,17-18H,4-5,8-9H2,1-2H3. The van der Waals surface area contributed by atoms with E-state index in [1.807, 2.05) is 14.1 Å². The summed E-state index contributed by atoms with van der Waals surface area (Å²) in [6.45, 7) is 1.51. The fourth-order valence-electron chi connectivity index (χ4n) is 2.57. The van der Waals surface area contributed by atoms with Crippen LogP contribution in [0.3, 0.4) is 0 Å². The minimum atomic E-state index is -0.331. The Bertz CT molecular complexity index is 474. The lowest BCUT2D eigenvalue weighted by atomic mass is 10.1. The van der Waals surface area contributed by atoms with Gasteiger partial charge in [0.2, 0.25) is 0 Å². The van der Waals surface area contributed by atoms with Crippen LogP contribution in [0.4, 0.5) is 0 Å². The molecule has 0 spiro atoms. The number of likely N-dealkylation sites (N-methyl/N-ethyl adjacent to an activating group) is 1. The predicted molar refractivity (Wildman–Crippen MR) is 72.4 cm³/mol. The Hall–Kier alpha value is -1.75. The number of rotatable bonds is 3. The van der Waals surface area contributed by atoms with Crippen LogP contribution in [0.5, 0.6) is 11.5 Å². The number of nitrogens with zero attached hydrogens (tertiary/aromatic N) is 2. The van der Waals surface area contributed by atoms with Gasteiger partial charge in [0.05, 0.1) is 5.56 Å². The highest BCUT2D eigenvalue weighted by Crippen LogP contribution is 2.31. The molecule has 1 saturated heterocycles. The van der Waals surface area contributed by atoms with Gasteiger partial charge in [-0.25, -0.2) is 0 Å². The molecular weight excluding hydrogens is 244 g/mol. The second-order valence-electron chi connectivity index (χ2n) is 5.23. The summed E-state index contributed by atoms with van der Waals surface area (Å²) in [7, 11) is 3.96. The number of likely N-dealkylation sites (tertiary alicyclic amines) is 1. The van der Waals surface area contributed by atoms with Crippen molar-refractivity contribution in [1.29, 1.82) is 0 Å². The van der Waals surface area contributed by atoms with E-state index in [1.165, 1.54) is 6.07 Å². The molecule has 2 rings (SSSR count). The summed E-state index contributed by atoms with van der Waals surface area (Å²) >= 11 is 0. The van der Waals surface area contributed by atoms with E-state index in [9.17, 15) is 15.0 Å². The number of carbonyl (C=O) groups is 1. The van der Waals surface area contributed by atoms with Crippen LogP contribution >= 0.6 is 0 Å². The molecule has 2 N–H and O–H groups in total. The number of phenols is 2. The number of aromatic hydroxyl groups is 2. The molecule has 0 bridgehead atoms. The molecular formula is C14H20N2O3. The SMILES string of the molecule is CN(C)CC1CCCN1C(=O)c1cccc(O)c1O. The average molecular weight is 264 g/mol. The third-order valence-electron chi connectivity index (χ3n) is 3.46. The van der Waals surface area contributed by atoms with E-state index in [-0.39, 0.29) is 29.0 Å². The Morgan fingerprint density at radius 1 is 1.42 bits per heavy atom. The maximum atomic E-state index is 12.4. The van der Waals surface area contributed by atoms with Gasteiger partial charge in [-0.05, 0) is 39.1 Å². The molecule has 0 saturated carbocycles. The minimum absolute atomic E-state index is 0.171. The van der Waals surface area contributed by atoms with Crippen molar-refractivity contribution in [3.63, 3.8) is 0 Å². The van der Waals surface area contributed by atoms with Gasteiger partial charge < -0.3 is 20.0 Å². The number of benzene rings is 1.